The van der Waals surface area contributed by atoms with Crippen molar-refractivity contribution in [2.45, 2.75) is 19.3 Å². The fourth-order valence-electron chi connectivity index (χ4n) is 3.89. The molecule has 0 aliphatic carbocycles. The zero-order chi connectivity index (χ0) is 24.6. The van der Waals surface area contributed by atoms with Crippen LogP contribution in [0.5, 0.6) is 17.2 Å². The number of hydrogen-bond donors (Lipinski definition) is 0. The maximum Gasteiger partial charge on any atom is 0.294 e. The summed E-state index contributed by atoms with van der Waals surface area (Å²) in [5, 5.41) is -0.433. The molecule has 0 saturated carbocycles. The Hall–Kier alpha value is -3.46. The van der Waals surface area contributed by atoms with E-state index in [1.807, 2.05) is 30.3 Å². The molecule has 184 valence electrons. The highest BCUT2D eigenvalue weighted by Gasteiger charge is 2.37. The lowest BCUT2D eigenvalue weighted by molar-refractivity contribution is -0.136. The number of ether oxygens (including phenoxy) is 3. The van der Waals surface area contributed by atoms with Crippen LogP contribution >= 0.6 is 11.8 Å². The molecule has 2 saturated heterocycles. The first-order chi connectivity index (χ1) is 17.0. The Balaban J connectivity index is 1.36. The van der Waals surface area contributed by atoms with E-state index in [2.05, 4.69) is 0 Å². The molecule has 35 heavy (non-hydrogen) atoms. The lowest BCUT2D eigenvalue weighted by atomic mass is 10.1. The summed E-state index contributed by atoms with van der Waals surface area (Å²) in [4.78, 5) is 40.8. The van der Waals surface area contributed by atoms with Crippen LogP contribution in [0.15, 0.2) is 53.4 Å². The van der Waals surface area contributed by atoms with E-state index >= 15 is 0 Å². The number of amides is 3. The molecule has 0 aromatic heterocycles. The smallest absolute Gasteiger partial charge is 0.294 e. The third-order valence-electron chi connectivity index (χ3n) is 5.71. The maximum absolute atomic E-state index is 12.8. The summed E-state index contributed by atoms with van der Waals surface area (Å²) in [6.45, 7) is 1.84. The van der Waals surface area contributed by atoms with Crippen LogP contribution in [0.1, 0.15) is 24.8 Å². The molecule has 2 aromatic carbocycles. The molecular weight excluding hydrogens is 468 g/mol. The van der Waals surface area contributed by atoms with E-state index in [9.17, 15) is 14.4 Å². The number of thioether (sulfide) groups is 1. The molecule has 3 amide bonds. The van der Waals surface area contributed by atoms with E-state index in [4.69, 9.17) is 14.2 Å². The molecule has 2 heterocycles. The van der Waals surface area contributed by atoms with Gasteiger partial charge in [0.2, 0.25) is 5.91 Å². The summed E-state index contributed by atoms with van der Waals surface area (Å²) in [7, 11) is 1.53. The van der Waals surface area contributed by atoms with Crippen molar-refractivity contribution in [2.24, 2.45) is 0 Å². The molecule has 0 bridgehead atoms. The van der Waals surface area contributed by atoms with Crippen molar-refractivity contribution >= 4 is 34.9 Å². The van der Waals surface area contributed by atoms with Crippen LogP contribution in [0.2, 0.25) is 0 Å². The number of benzene rings is 2. The molecule has 2 aliphatic heterocycles. The average Bonchev–Trinajstić information content (AvgIpc) is 3.15. The molecule has 0 N–H and O–H groups in total. The summed E-state index contributed by atoms with van der Waals surface area (Å²) in [6.07, 6.45) is 4.63. The highest BCUT2D eigenvalue weighted by atomic mass is 32.2. The second kappa shape index (κ2) is 11.8. The van der Waals surface area contributed by atoms with Gasteiger partial charge in [0.15, 0.2) is 11.5 Å². The monoisotopic (exact) mass is 496 g/mol. The number of rotatable bonds is 9. The van der Waals surface area contributed by atoms with Gasteiger partial charge in [-0.05, 0) is 66.9 Å². The summed E-state index contributed by atoms with van der Waals surface area (Å²) in [5.74, 6) is 1.17. The molecule has 0 spiro atoms. The Labute approximate surface area is 208 Å². The van der Waals surface area contributed by atoms with Crippen LogP contribution in [0.3, 0.4) is 0 Å². The standard InChI is InChI=1S/C26H28N2O6S/c1-32-22-16-19(10-11-21(22)34-15-14-33-20-8-4-2-5-9-20)17-23-25(30)28(26(31)35-23)18-24(29)27-12-6-3-7-13-27/h2,4-5,8-11,16-17H,3,6-7,12-15,18H2,1H3/b23-17-. The first-order valence-corrected chi connectivity index (χ1v) is 12.4. The SMILES string of the molecule is COc1cc(/C=C2\SC(=O)N(CC(=O)N3CCCCC3)C2=O)ccc1OCCOc1ccccc1. The highest BCUT2D eigenvalue weighted by Crippen LogP contribution is 2.34. The van der Waals surface area contributed by atoms with Gasteiger partial charge in [0.25, 0.3) is 11.1 Å². The van der Waals surface area contributed by atoms with Crippen LogP contribution in [0.4, 0.5) is 4.79 Å². The van der Waals surface area contributed by atoms with E-state index in [-0.39, 0.29) is 17.4 Å². The number of piperidine rings is 1. The predicted octanol–water partition coefficient (Wildman–Crippen LogP) is 4.20. The minimum Gasteiger partial charge on any atom is -0.493 e. The van der Waals surface area contributed by atoms with Gasteiger partial charge in [-0.2, -0.15) is 0 Å². The van der Waals surface area contributed by atoms with Gasteiger partial charge in [-0.25, -0.2) is 0 Å². The average molecular weight is 497 g/mol. The number of nitrogens with zero attached hydrogens (tertiary/aromatic N) is 2. The van der Waals surface area contributed by atoms with Crippen LogP contribution in [0, 0.1) is 0 Å². The maximum atomic E-state index is 12.8. The highest BCUT2D eigenvalue weighted by molar-refractivity contribution is 8.18. The van der Waals surface area contributed by atoms with E-state index in [0.29, 0.717) is 43.4 Å². The Morgan fingerprint density at radius 3 is 2.46 bits per heavy atom. The van der Waals surface area contributed by atoms with Gasteiger partial charge < -0.3 is 19.1 Å². The zero-order valence-corrected chi connectivity index (χ0v) is 20.4. The van der Waals surface area contributed by atoms with Gasteiger partial charge in [-0.15, -0.1) is 0 Å². The van der Waals surface area contributed by atoms with Crippen molar-refractivity contribution in [1.29, 1.82) is 0 Å². The van der Waals surface area contributed by atoms with Gasteiger partial charge in [0.05, 0.1) is 12.0 Å². The van der Waals surface area contributed by atoms with Crippen LogP contribution < -0.4 is 14.2 Å². The first-order valence-electron chi connectivity index (χ1n) is 11.6. The van der Waals surface area contributed by atoms with Gasteiger partial charge in [0, 0.05) is 13.1 Å². The van der Waals surface area contributed by atoms with E-state index in [1.54, 1.807) is 29.2 Å². The molecular formula is C26H28N2O6S. The van der Waals surface area contributed by atoms with Gasteiger partial charge in [0.1, 0.15) is 25.5 Å². The first kappa shape index (κ1) is 24.7. The lowest BCUT2D eigenvalue weighted by Crippen LogP contribution is -2.44. The second-order valence-electron chi connectivity index (χ2n) is 8.13. The zero-order valence-electron chi connectivity index (χ0n) is 19.6. The minimum absolute atomic E-state index is 0.187. The normalized spacial score (nSPS) is 17.1. The number of likely N-dealkylation sites (tertiary alicyclic amines) is 1. The largest absolute Gasteiger partial charge is 0.493 e. The van der Waals surface area contributed by atoms with Crippen LogP contribution in [0.25, 0.3) is 6.08 Å². The number of hydrogen-bond acceptors (Lipinski definition) is 7. The third-order valence-corrected chi connectivity index (χ3v) is 6.62. The topological polar surface area (TPSA) is 85.4 Å². The third kappa shape index (κ3) is 6.36. The Morgan fingerprint density at radius 2 is 1.71 bits per heavy atom. The Morgan fingerprint density at radius 1 is 0.971 bits per heavy atom. The number of methoxy groups -OCH3 is 1. The van der Waals surface area contributed by atoms with E-state index < -0.39 is 11.1 Å². The minimum atomic E-state index is -0.456. The number of para-hydroxylation sites is 1. The fourth-order valence-corrected chi connectivity index (χ4v) is 4.73. The summed E-state index contributed by atoms with van der Waals surface area (Å²) < 4.78 is 16.9. The van der Waals surface area contributed by atoms with Crippen LogP contribution in [-0.2, 0) is 9.59 Å². The fraction of sp³-hybridized carbons (Fsp3) is 0.346. The molecule has 9 heteroatoms. The van der Waals surface area contributed by atoms with E-state index in [0.717, 1.165) is 41.7 Å². The predicted molar refractivity (Wildman–Crippen MR) is 134 cm³/mol. The molecule has 2 fully saturated rings. The van der Waals surface area contributed by atoms with Gasteiger partial charge in [-0.1, -0.05) is 24.3 Å². The number of imide groups is 1. The van der Waals surface area contributed by atoms with Crippen molar-refractivity contribution in [3.05, 3.63) is 59.0 Å². The van der Waals surface area contributed by atoms with Crippen LogP contribution in [-0.4, -0.2) is 66.8 Å². The Kier molecular flexibility index (Phi) is 8.31. The Bertz CT molecular complexity index is 1100. The molecule has 2 aromatic rings. The molecule has 8 nitrogen and oxygen atoms in total. The van der Waals surface area contributed by atoms with Crippen molar-refractivity contribution in [2.75, 3.05) is 40.0 Å². The van der Waals surface area contributed by atoms with Crippen molar-refractivity contribution < 1.29 is 28.6 Å². The van der Waals surface area contributed by atoms with Crippen molar-refractivity contribution in [1.82, 2.24) is 9.80 Å². The second-order valence-corrected chi connectivity index (χ2v) is 9.12. The summed E-state index contributed by atoms with van der Waals surface area (Å²) in [5.41, 5.74) is 0.683. The van der Waals surface area contributed by atoms with E-state index in [1.165, 1.54) is 7.11 Å². The van der Waals surface area contributed by atoms with Gasteiger partial charge in [-0.3, -0.25) is 19.3 Å². The molecule has 0 unspecified atom stereocenters. The molecule has 0 atom stereocenters. The molecule has 0 radical (unpaired) electrons. The summed E-state index contributed by atoms with van der Waals surface area (Å²) >= 11 is 0.837. The summed E-state index contributed by atoms with van der Waals surface area (Å²) in [6, 6.07) is 14.7. The van der Waals surface area contributed by atoms with Gasteiger partial charge >= 0.3 is 0 Å². The lowest BCUT2D eigenvalue weighted by Gasteiger charge is -2.27. The molecule has 2 aliphatic rings. The number of carbonyl (C=O) groups excluding carboxylic acids is 3. The van der Waals surface area contributed by atoms with Crippen molar-refractivity contribution in [3.8, 4) is 17.2 Å². The number of carbonyl (C=O) groups is 3. The molecule has 4 rings (SSSR count). The van der Waals surface area contributed by atoms with Crippen molar-refractivity contribution in [3.63, 3.8) is 0 Å². The quantitative estimate of drug-likeness (QED) is 0.380.